The summed E-state index contributed by atoms with van der Waals surface area (Å²) in [5.74, 6) is -0.743. The van der Waals surface area contributed by atoms with Gasteiger partial charge in [-0.05, 0) is 31.6 Å². The topological polar surface area (TPSA) is 92.5 Å². The second-order valence-corrected chi connectivity index (χ2v) is 5.81. The van der Waals surface area contributed by atoms with Crippen LogP contribution in [0.5, 0.6) is 0 Å². The van der Waals surface area contributed by atoms with Gasteiger partial charge in [-0.2, -0.15) is 0 Å². The number of carbonyl (C=O) groups is 1. The van der Waals surface area contributed by atoms with Crippen molar-refractivity contribution in [2.75, 3.05) is 6.61 Å². The van der Waals surface area contributed by atoms with E-state index in [-0.39, 0.29) is 18.2 Å². The lowest BCUT2D eigenvalue weighted by molar-refractivity contribution is -0.157. The maximum absolute atomic E-state index is 11.5. The minimum Gasteiger partial charge on any atom is -0.481 e. The van der Waals surface area contributed by atoms with Crippen LogP contribution in [0.2, 0.25) is 0 Å². The van der Waals surface area contributed by atoms with Crippen molar-refractivity contribution < 1.29 is 15.0 Å². The number of carboxylic acids is 1. The normalized spacial score (nSPS) is 14.7. The molecule has 0 aliphatic carbocycles. The van der Waals surface area contributed by atoms with Crippen LogP contribution in [0.3, 0.4) is 0 Å². The summed E-state index contributed by atoms with van der Waals surface area (Å²) in [4.78, 5) is 11.5. The van der Waals surface area contributed by atoms with Gasteiger partial charge in [0, 0.05) is 6.61 Å². The van der Waals surface area contributed by atoms with Crippen molar-refractivity contribution in [3.63, 3.8) is 0 Å². The van der Waals surface area contributed by atoms with E-state index in [9.17, 15) is 9.90 Å². The molecule has 0 aliphatic rings. The lowest BCUT2D eigenvalue weighted by atomic mass is 9.62. The zero-order chi connectivity index (χ0) is 13.5. The van der Waals surface area contributed by atoms with E-state index < -0.39 is 11.4 Å². The Kier molecular flexibility index (Phi) is 9.30. The van der Waals surface area contributed by atoms with Gasteiger partial charge in [-0.15, -0.1) is 0 Å². The van der Waals surface area contributed by atoms with Gasteiger partial charge in [0.1, 0.15) is 0 Å². The van der Waals surface area contributed by atoms with E-state index in [0.717, 1.165) is 25.7 Å². The van der Waals surface area contributed by atoms with Gasteiger partial charge in [0.15, 0.2) is 0 Å². The molecule has 0 amide bonds. The SMILES string of the molecule is CCCCCC(C)(C)C(C)(CCCO)C(=O)O.N. The number of rotatable bonds is 9. The van der Waals surface area contributed by atoms with Gasteiger partial charge in [-0.25, -0.2) is 0 Å². The monoisotopic (exact) mass is 261 g/mol. The fourth-order valence-electron chi connectivity index (χ4n) is 2.26. The first-order valence-electron chi connectivity index (χ1n) is 6.66. The third-order valence-corrected chi connectivity index (χ3v) is 4.21. The molecule has 110 valence electrons. The van der Waals surface area contributed by atoms with Crippen molar-refractivity contribution in [1.29, 1.82) is 0 Å². The average molecular weight is 261 g/mol. The maximum atomic E-state index is 11.5. The Balaban J connectivity index is 0. The minimum absolute atomic E-state index is 0. The average Bonchev–Trinajstić information content (AvgIpc) is 2.25. The Morgan fingerprint density at radius 1 is 1.06 bits per heavy atom. The van der Waals surface area contributed by atoms with Crippen LogP contribution in [0.1, 0.15) is 66.2 Å². The van der Waals surface area contributed by atoms with E-state index in [0.29, 0.717) is 12.8 Å². The molecule has 4 heteroatoms. The number of aliphatic carboxylic acids is 1. The Morgan fingerprint density at radius 2 is 1.61 bits per heavy atom. The summed E-state index contributed by atoms with van der Waals surface area (Å²) in [6, 6.07) is 0. The van der Waals surface area contributed by atoms with Crippen molar-refractivity contribution in [3.8, 4) is 0 Å². The molecule has 0 heterocycles. The molecule has 0 rings (SSSR count). The summed E-state index contributed by atoms with van der Waals surface area (Å²) in [6.45, 7) is 8.10. The largest absolute Gasteiger partial charge is 0.481 e. The molecular formula is C14H31NO3. The summed E-state index contributed by atoms with van der Waals surface area (Å²) in [5, 5.41) is 18.4. The summed E-state index contributed by atoms with van der Waals surface area (Å²) in [6.07, 6.45) is 5.40. The first-order valence-corrected chi connectivity index (χ1v) is 6.66. The van der Waals surface area contributed by atoms with Gasteiger partial charge in [-0.1, -0.05) is 40.0 Å². The zero-order valence-corrected chi connectivity index (χ0v) is 12.5. The van der Waals surface area contributed by atoms with Gasteiger partial charge in [0.25, 0.3) is 0 Å². The molecule has 1 unspecified atom stereocenters. The second-order valence-electron chi connectivity index (χ2n) is 5.81. The number of hydrogen-bond acceptors (Lipinski definition) is 3. The van der Waals surface area contributed by atoms with E-state index in [4.69, 9.17) is 5.11 Å². The van der Waals surface area contributed by atoms with E-state index in [1.54, 1.807) is 0 Å². The van der Waals surface area contributed by atoms with Crippen molar-refractivity contribution in [1.82, 2.24) is 6.15 Å². The standard InChI is InChI=1S/C14H28O3.H3N/c1-5-6-7-9-13(2,3)14(4,12(16)17)10-8-11-15;/h15H,5-11H2,1-4H3,(H,16,17);1H3. The molecule has 0 aromatic rings. The van der Waals surface area contributed by atoms with Crippen molar-refractivity contribution >= 4 is 5.97 Å². The van der Waals surface area contributed by atoms with Gasteiger partial charge in [0.2, 0.25) is 0 Å². The maximum Gasteiger partial charge on any atom is 0.309 e. The molecule has 1 atom stereocenters. The van der Waals surface area contributed by atoms with Gasteiger partial charge in [-0.3, -0.25) is 4.79 Å². The molecule has 5 N–H and O–H groups in total. The smallest absolute Gasteiger partial charge is 0.309 e. The van der Waals surface area contributed by atoms with Crippen molar-refractivity contribution in [2.24, 2.45) is 10.8 Å². The number of aliphatic hydroxyl groups is 1. The van der Waals surface area contributed by atoms with Crippen LogP contribution in [0.15, 0.2) is 0 Å². The molecule has 0 aromatic carbocycles. The highest BCUT2D eigenvalue weighted by Gasteiger charge is 2.46. The summed E-state index contributed by atoms with van der Waals surface area (Å²) >= 11 is 0. The molecule has 0 fully saturated rings. The predicted octanol–water partition coefficient (Wildman–Crippen LogP) is 3.62. The fraction of sp³-hybridized carbons (Fsp3) is 0.929. The van der Waals surface area contributed by atoms with E-state index >= 15 is 0 Å². The van der Waals surface area contributed by atoms with Gasteiger partial charge >= 0.3 is 5.97 Å². The highest BCUT2D eigenvalue weighted by atomic mass is 16.4. The second kappa shape index (κ2) is 8.48. The third-order valence-electron chi connectivity index (χ3n) is 4.21. The molecule has 18 heavy (non-hydrogen) atoms. The molecular weight excluding hydrogens is 230 g/mol. The molecule has 0 bridgehead atoms. The van der Waals surface area contributed by atoms with Crippen LogP contribution >= 0.6 is 0 Å². The summed E-state index contributed by atoms with van der Waals surface area (Å²) in [5.41, 5.74) is -0.980. The van der Waals surface area contributed by atoms with E-state index in [1.807, 2.05) is 20.8 Å². The van der Waals surface area contributed by atoms with Crippen LogP contribution < -0.4 is 6.15 Å². The highest BCUT2D eigenvalue weighted by molar-refractivity contribution is 5.75. The highest BCUT2D eigenvalue weighted by Crippen LogP contribution is 2.46. The lowest BCUT2D eigenvalue weighted by Gasteiger charge is -2.41. The molecule has 0 saturated heterocycles. The fourth-order valence-corrected chi connectivity index (χ4v) is 2.26. The molecule has 4 nitrogen and oxygen atoms in total. The van der Waals surface area contributed by atoms with Crippen molar-refractivity contribution in [3.05, 3.63) is 0 Å². The van der Waals surface area contributed by atoms with Gasteiger partial charge < -0.3 is 16.4 Å². The van der Waals surface area contributed by atoms with Crippen LogP contribution in [0, 0.1) is 10.8 Å². The molecule has 0 aromatic heterocycles. The Morgan fingerprint density at radius 3 is 2.00 bits per heavy atom. The predicted molar refractivity (Wildman–Crippen MR) is 75.0 cm³/mol. The first-order chi connectivity index (χ1) is 7.81. The third kappa shape index (κ3) is 4.94. The Hall–Kier alpha value is -0.610. The van der Waals surface area contributed by atoms with Crippen LogP contribution in [-0.4, -0.2) is 22.8 Å². The molecule has 0 radical (unpaired) electrons. The zero-order valence-electron chi connectivity index (χ0n) is 12.5. The number of aliphatic hydroxyl groups excluding tert-OH is 1. The van der Waals surface area contributed by atoms with E-state index in [1.165, 1.54) is 0 Å². The van der Waals surface area contributed by atoms with Crippen LogP contribution in [0.4, 0.5) is 0 Å². The summed E-state index contributed by atoms with van der Waals surface area (Å²) < 4.78 is 0. The quantitative estimate of drug-likeness (QED) is 0.553. The number of unbranched alkanes of at least 4 members (excludes halogenated alkanes) is 2. The Bertz CT molecular complexity index is 241. The Labute approximate surface area is 111 Å². The van der Waals surface area contributed by atoms with Gasteiger partial charge in [0.05, 0.1) is 5.41 Å². The van der Waals surface area contributed by atoms with E-state index in [2.05, 4.69) is 6.92 Å². The lowest BCUT2D eigenvalue weighted by Crippen LogP contribution is -2.42. The molecule has 0 spiro atoms. The van der Waals surface area contributed by atoms with Crippen molar-refractivity contribution in [2.45, 2.75) is 66.2 Å². The first kappa shape index (κ1) is 19.7. The molecule has 0 aliphatic heterocycles. The van der Waals surface area contributed by atoms with Crippen LogP contribution in [-0.2, 0) is 4.79 Å². The minimum atomic E-state index is -0.747. The number of hydrogen-bond donors (Lipinski definition) is 3. The summed E-state index contributed by atoms with van der Waals surface area (Å²) in [7, 11) is 0. The molecule has 0 saturated carbocycles. The van der Waals surface area contributed by atoms with Crippen LogP contribution in [0.25, 0.3) is 0 Å². The number of carboxylic acid groups (broad SMARTS) is 1.